The molecule has 0 radical (unpaired) electrons. The first-order valence-corrected chi connectivity index (χ1v) is 8.20. The van der Waals surface area contributed by atoms with Crippen LogP contribution >= 0.6 is 11.8 Å². The lowest BCUT2D eigenvalue weighted by atomic mass is 10.2. The van der Waals surface area contributed by atoms with E-state index in [-0.39, 0.29) is 17.2 Å². The fraction of sp³-hybridized carbons (Fsp3) is 0.0625. The predicted molar refractivity (Wildman–Crippen MR) is 89.3 cm³/mol. The molecule has 1 N–H and O–H groups in total. The zero-order chi connectivity index (χ0) is 17.6. The summed E-state index contributed by atoms with van der Waals surface area (Å²) in [7, 11) is 0. The number of hydrogen-bond donors (Lipinski definition) is 1. The standard InChI is InChI=1S/C16H13N5O3S/c22-14(17-12-6-4-5-11(9-12)15(23)24)10-25-16-18-19-20-21(16)13-7-2-1-3-8-13/h1-9H,10H2,(H,17,22)(H,23,24)/p-1. The normalized spacial score (nSPS) is 10.4. The molecule has 3 aromatic rings. The van der Waals surface area contributed by atoms with Crippen molar-refractivity contribution in [2.24, 2.45) is 0 Å². The van der Waals surface area contributed by atoms with Crippen LogP contribution in [-0.4, -0.2) is 37.8 Å². The van der Waals surface area contributed by atoms with Crippen LogP contribution in [0.15, 0.2) is 59.8 Å². The second-order valence-electron chi connectivity index (χ2n) is 4.91. The van der Waals surface area contributed by atoms with Crippen molar-refractivity contribution in [1.29, 1.82) is 0 Å². The Labute approximate surface area is 146 Å². The highest BCUT2D eigenvalue weighted by Crippen LogP contribution is 2.18. The van der Waals surface area contributed by atoms with Gasteiger partial charge in [0.2, 0.25) is 11.1 Å². The largest absolute Gasteiger partial charge is 0.545 e. The van der Waals surface area contributed by atoms with Crippen molar-refractivity contribution in [3.63, 3.8) is 0 Å². The van der Waals surface area contributed by atoms with E-state index in [2.05, 4.69) is 20.8 Å². The van der Waals surface area contributed by atoms with Gasteiger partial charge in [-0.3, -0.25) is 4.79 Å². The first-order chi connectivity index (χ1) is 12.1. The van der Waals surface area contributed by atoms with E-state index in [0.717, 1.165) is 5.69 Å². The number of aromatic nitrogens is 4. The molecular formula is C16H12N5O3S-. The summed E-state index contributed by atoms with van der Waals surface area (Å²) >= 11 is 1.17. The number of benzene rings is 2. The van der Waals surface area contributed by atoms with E-state index >= 15 is 0 Å². The maximum atomic E-state index is 12.1. The quantitative estimate of drug-likeness (QED) is 0.650. The molecule has 126 valence electrons. The third kappa shape index (κ3) is 4.21. The van der Waals surface area contributed by atoms with Gasteiger partial charge in [0.1, 0.15) is 0 Å². The number of nitrogens with one attached hydrogen (secondary N) is 1. The SMILES string of the molecule is O=C(CSc1nnnn1-c1ccccc1)Nc1cccc(C(=O)[O-])c1. The van der Waals surface area contributed by atoms with Gasteiger partial charge in [0.05, 0.1) is 17.4 Å². The highest BCUT2D eigenvalue weighted by molar-refractivity contribution is 7.99. The Morgan fingerprint density at radius 3 is 2.68 bits per heavy atom. The maximum absolute atomic E-state index is 12.1. The Bertz CT molecular complexity index is 898. The van der Waals surface area contributed by atoms with E-state index in [1.54, 1.807) is 6.07 Å². The van der Waals surface area contributed by atoms with Crippen LogP contribution in [0.2, 0.25) is 0 Å². The molecule has 0 atom stereocenters. The third-order valence-electron chi connectivity index (χ3n) is 3.16. The van der Waals surface area contributed by atoms with Crippen LogP contribution in [0.4, 0.5) is 5.69 Å². The van der Waals surface area contributed by atoms with Crippen LogP contribution in [0.25, 0.3) is 5.69 Å². The molecule has 0 aliphatic rings. The number of nitrogens with zero attached hydrogens (tertiary/aromatic N) is 4. The van der Waals surface area contributed by atoms with Crippen molar-refractivity contribution < 1.29 is 14.7 Å². The van der Waals surface area contributed by atoms with Crippen LogP contribution in [0.5, 0.6) is 0 Å². The first-order valence-electron chi connectivity index (χ1n) is 7.21. The Morgan fingerprint density at radius 1 is 1.12 bits per heavy atom. The molecule has 0 aliphatic heterocycles. The fourth-order valence-corrected chi connectivity index (χ4v) is 2.74. The molecule has 0 saturated carbocycles. The van der Waals surface area contributed by atoms with E-state index in [1.165, 1.54) is 34.6 Å². The smallest absolute Gasteiger partial charge is 0.234 e. The van der Waals surface area contributed by atoms with Crippen molar-refractivity contribution in [2.75, 3.05) is 11.1 Å². The van der Waals surface area contributed by atoms with Gasteiger partial charge >= 0.3 is 0 Å². The van der Waals surface area contributed by atoms with Crippen LogP contribution < -0.4 is 10.4 Å². The van der Waals surface area contributed by atoms with Crippen molar-refractivity contribution in [2.45, 2.75) is 5.16 Å². The van der Waals surface area contributed by atoms with Gasteiger partial charge in [0, 0.05) is 5.69 Å². The van der Waals surface area contributed by atoms with Crippen LogP contribution in [0.3, 0.4) is 0 Å². The van der Waals surface area contributed by atoms with Crippen LogP contribution in [0.1, 0.15) is 10.4 Å². The van der Waals surface area contributed by atoms with Gasteiger partial charge in [0.15, 0.2) is 0 Å². The topological polar surface area (TPSA) is 113 Å². The fourth-order valence-electron chi connectivity index (χ4n) is 2.05. The molecule has 1 aromatic heterocycles. The maximum Gasteiger partial charge on any atom is 0.234 e. The van der Waals surface area contributed by atoms with E-state index < -0.39 is 5.97 Å². The predicted octanol–water partition coefficient (Wildman–Crippen LogP) is 0.757. The molecule has 8 nitrogen and oxygen atoms in total. The van der Waals surface area contributed by atoms with Gasteiger partial charge in [-0.1, -0.05) is 42.1 Å². The lowest BCUT2D eigenvalue weighted by Gasteiger charge is -2.08. The van der Waals surface area contributed by atoms with Crippen molar-refractivity contribution in [3.05, 3.63) is 60.2 Å². The summed E-state index contributed by atoms with van der Waals surface area (Å²) in [4.78, 5) is 22.9. The van der Waals surface area contributed by atoms with E-state index in [0.29, 0.717) is 10.8 Å². The van der Waals surface area contributed by atoms with Crippen molar-refractivity contribution >= 4 is 29.3 Å². The number of aromatic carboxylic acids is 1. The van der Waals surface area contributed by atoms with Crippen molar-refractivity contribution in [1.82, 2.24) is 20.2 Å². The first kappa shape index (κ1) is 16.7. The summed E-state index contributed by atoms with van der Waals surface area (Å²) in [6, 6.07) is 15.2. The minimum absolute atomic E-state index is 0.00141. The summed E-state index contributed by atoms with van der Waals surface area (Å²) in [5.41, 5.74) is 1.17. The number of amides is 1. The Kier molecular flexibility index (Phi) is 5.05. The lowest BCUT2D eigenvalue weighted by molar-refractivity contribution is -0.255. The van der Waals surface area contributed by atoms with Gasteiger partial charge in [-0.15, -0.1) is 5.10 Å². The molecule has 1 amide bonds. The molecule has 0 aliphatic carbocycles. The number of carboxylic acids is 1. The van der Waals surface area contributed by atoms with Gasteiger partial charge in [0.25, 0.3) is 0 Å². The third-order valence-corrected chi connectivity index (χ3v) is 4.08. The molecule has 0 fully saturated rings. The molecule has 0 saturated heterocycles. The Hall–Kier alpha value is -3.20. The molecule has 3 rings (SSSR count). The van der Waals surface area contributed by atoms with E-state index in [1.807, 2.05) is 30.3 Å². The van der Waals surface area contributed by atoms with Crippen molar-refractivity contribution in [3.8, 4) is 5.69 Å². The summed E-state index contributed by atoms with van der Waals surface area (Å²) in [5, 5.41) is 25.4. The summed E-state index contributed by atoms with van der Waals surface area (Å²) < 4.78 is 1.54. The van der Waals surface area contributed by atoms with Gasteiger partial charge in [-0.05, 0) is 40.3 Å². The number of para-hydroxylation sites is 1. The zero-order valence-electron chi connectivity index (χ0n) is 12.8. The van der Waals surface area contributed by atoms with Crippen LogP contribution in [-0.2, 0) is 4.79 Å². The number of carboxylic acid groups (broad SMARTS) is 1. The minimum atomic E-state index is -1.30. The number of tetrazole rings is 1. The number of thioether (sulfide) groups is 1. The molecular weight excluding hydrogens is 342 g/mol. The number of carbonyl (C=O) groups is 2. The Balaban J connectivity index is 1.63. The Morgan fingerprint density at radius 2 is 1.92 bits per heavy atom. The second-order valence-corrected chi connectivity index (χ2v) is 5.86. The molecule has 0 unspecified atom stereocenters. The summed E-state index contributed by atoms with van der Waals surface area (Å²) in [5.74, 6) is -1.53. The summed E-state index contributed by atoms with van der Waals surface area (Å²) in [6.07, 6.45) is 0. The molecule has 0 bridgehead atoms. The number of rotatable bonds is 6. The zero-order valence-corrected chi connectivity index (χ0v) is 13.6. The second kappa shape index (κ2) is 7.58. The lowest BCUT2D eigenvalue weighted by Crippen LogP contribution is -2.22. The average Bonchev–Trinajstić information content (AvgIpc) is 3.09. The molecule has 1 heterocycles. The number of carbonyl (C=O) groups excluding carboxylic acids is 2. The average molecular weight is 354 g/mol. The van der Waals surface area contributed by atoms with E-state index in [4.69, 9.17) is 0 Å². The molecule has 25 heavy (non-hydrogen) atoms. The monoisotopic (exact) mass is 354 g/mol. The van der Waals surface area contributed by atoms with Crippen LogP contribution in [0, 0.1) is 0 Å². The van der Waals surface area contributed by atoms with Gasteiger partial charge < -0.3 is 15.2 Å². The molecule has 2 aromatic carbocycles. The van der Waals surface area contributed by atoms with Gasteiger partial charge in [-0.25, -0.2) is 0 Å². The summed E-state index contributed by atoms with van der Waals surface area (Å²) in [6.45, 7) is 0. The number of anilines is 1. The van der Waals surface area contributed by atoms with Gasteiger partial charge in [-0.2, -0.15) is 4.68 Å². The van der Waals surface area contributed by atoms with E-state index in [9.17, 15) is 14.7 Å². The number of hydrogen-bond acceptors (Lipinski definition) is 7. The minimum Gasteiger partial charge on any atom is -0.545 e. The highest BCUT2D eigenvalue weighted by Gasteiger charge is 2.11. The highest BCUT2D eigenvalue weighted by atomic mass is 32.2. The molecule has 9 heteroatoms. The molecule has 0 spiro atoms.